The SMILES string of the molecule is CCCCc1c(-c2ccc(CCC)cc2)c(CCC)nn1-c1[c-]c(Oc2[c-]c3c(cc2)c2ccccc2n3-c2cc(C)ccn2)cc(C)c1.[Pd+2]. The number of pyridine rings is 1. The first-order valence-corrected chi connectivity index (χ1v) is 17.8. The number of unbranched alkanes of at least 4 members (excludes halogenated alkanes) is 1. The fourth-order valence-corrected chi connectivity index (χ4v) is 6.91. The molecule has 0 spiro atoms. The van der Waals surface area contributed by atoms with E-state index in [-0.39, 0.29) is 20.4 Å². The molecule has 0 amide bonds. The summed E-state index contributed by atoms with van der Waals surface area (Å²) in [4.78, 5) is 4.72. The van der Waals surface area contributed by atoms with Crippen LogP contribution >= 0.6 is 0 Å². The molecule has 0 aliphatic rings. The van der Waals surface area contributed by atoms with Gasteiger partial charge >= 0.3 is 20.4 Å². The van der Waals surface area contributed by atoms with E-state index in [1.807, 2.05) is 24.4 Å². The van der Waals surface area contributed by atoms with Crippen molar-refractivity contribution in [3.05, 3.63) is 131 Å². The fraction of sp³-hybridized carbons (Fsp3) is 0.273. The summed E-state index contributed by atoms with van der Waals surface area (Å²) in [5.41, 5.74) is 11.4. The number of benzene rings is 4. The minimum Gasteiger partial charge on any atom is -0.509 e. The normalized spacial score (nSPS) is 11.3. The maximum atomic E-state index is 6.58. The maximum absolute atomic E-state index is 6.58. The van der Waals surface area contributed by atoms with Crippen molar-refractivity contribution in [2.75, 3.05) is 0 Å². The van der Waals surface area contributed by atoms with Crippen molar-refractivity contribution in [3.63, 3.8) is 0 Å². The van der Waals surface area contributed by atoms with Gasteiger partial charge in [0.2, 0.25) is 0 Å². The van der Waals surface area contributed by atoms with Gasteiger partial charge in [-0.1, -0.05) is 94.9 Å². The van der Waals surface area contributed by atoms with Gasteiger partial charge in [-0.3, -0.25) is 4.68 Å². The van der Waals surface area contributed by atoms with Crippen molar-refractivity contribution < 1.29 is 25.2 Å². The number of fused-ring (bicyclic) bond motifs is 3. The molecule has 0 unspecified atom stereocenters. The van der Waals surface area contributed by atoms with E-state index in [9.17, 15) is 0 Å². The molecule has 256 valence electrons. The summed E-state index contributed by atoms with van der Waals surface area (Å²) in [5, 5.41) is 7.54. The third-order valence-electron chi connectivity index (χ3n) is 9.20. The Kier molecular flexibility index (Phi) is 11.0. The molecular weight excluding hydrogens is 707 g/mol. The molecule has 0 aliphatic heterocycles. The van der Waals surface area contributed by atoms with Gasteiger partial charge in [0.25, 0.3) is 0 Å². The van der Waals surface area contributed by atoms with Crippen LogP contribution in [0.4, 0.5) is 0 Å². The molecule has 3 heterocycles. The molecule has 5 nitrogen and oxygen atoms in total. The molecule has 7 rings (SSSR count). The summed E-state index contributed by atoms with van der Waals surface area (Å²) >= 11 is 0. The predicted octanol–water partition coefficient (Wildman–Crippen LogP) is 11.3. The zero-order valence-corrected chi connectivity index (χ0v) is 31.2. The van der Waals surface area contributed by atoms with Crippen LogP contribution in [-0.2, 0) is 39.7 Å². The van der Waals surface area contributed by atoms with Gasteiger partial charge in [-0.15, -0.1) is 35.7 Å². The Labute approximate surface area is 310 Å². The number of rotatable bonds is 12. The van der Waals surface area contributed by atoms with Crippen molar-refractivity contribution >= 4 is 21.8 Å². The smallest absolute Gasteiger partial charge is 0.509 e. The minimum absolute atomic E-state index is 0. The van der Waals surface area contributed by atoms with Gasteiger partial charge in [0.1, 0.15) is 5.82 Å². The summed E-state index contributed by atoms with van der Waals surface area (Å²) in [7, 11) is 0. The minimum atomic E-state index is 0. The second-order valence-corrected chi connectivity index (χ2v) is 13.1. The van der Waals surface area contributed by atoms with Gasteiger partial charge in [0.15, 0.2) is 0 Å². The van der Waals surface area contributed by atoms with Crippen LogP contribution in [0.5, 0.6) is 11.5 Å². The molecule has 50 heavy (non-hydrogen) atoms. The van der Waals surface area contributed by atoms with Crippen molar-refractivity contribution in [2.45, 2.75) is 79.6 Å². The summed E-state index contributed by atoms with van der Waals surface area (Å²) in [6.07, 6.45) is 9.20. The van der Waals surface area contributed by atoms with Crippen LogP contribution in [-0.4, -0.2) is 19.3 Å². The average Bonchev–Trinajstić information content (AvgIpc) is 3.63. The first-order chi connectivity index (χ1) is 24.0. The van der Waals surface area contributed by atoms with Crippen LogP contribution < -0.4 is 4.74 Å². The van der Waals surface area contributed by atoms with Crippen LogP contribution in [0.25, 0.3) is 44.4 Å². The van der Waals surface area contributed by atoms with Crippen molar-refractivity contribution in [2.24, 2.45) is 0 Å². The molecule has 0 saturated heterocycles. The molecule has 3 aromatic heterocycles. The molecular formula is C44H44N4OPd. The molecule has 0 saturated carbocycles. The van der Waals surface area contributed by atoms with E-state index in [4.69, 9.17) is 14.8 Å². The summed E-state index contributed by atoms with van der Waals surface area (Å²) in [5.74, 6) is 2.13. The number of hydrogen-bond acceptors (Lipinski definition) is 3. The Bertz CT molecular complexity index is 2250. The maximum Gasteiger partial charge on any atom is 2.00 e. The zero-order chi connectivity index (χ0) is 33.9. The number of nitrogens with zero attached hydrogens (tertiary/aromatic N) is 4. The average molecular weight is 751 g/mol. The molecule has 0 bridgehead atoms. The summed E-state index contributed by atoms with van der Waals surface area (Å²) in [6.45, 7) is 10.9. The quantitative estimate of drug-likeness (QED) is 0.0923. The third kappa shape index (κ3) is 7.06. The number of aryl methyl sites for hydroxylation is 4. The van der Waals surface area contributed by atoms with Gasteiger partial charge in [-0.2, -0.15) is 16.7 Å². The largest absolute Gasteiger partial charge is 2.00 e. The molecule has 0 aliphatic carbocycles. The molecule has 0 fully saturated rings. The van der Waals surface area contributed by atoms with Gasteiger partial charge in [0.05, 0.1) is 5.69 Å². The fourth-order valence-electron chi connectivity index (χ4n) is 6.91. The van der Waals surface area contributed by atoms with E-state index in [2.05, 4.69) is 123 Å². The van der Waals surface area contributed by atoms with E-state index in [1.165, 1.54) is 22.4 Å². The number of para-hydroxylation sites is 1. The second kappa shape index (κ2) is 15.6. The van der Waals surface area contributed by atoms with Gasteiger partial charge < -0.3 is 9.30 Å². The van der Waals surface area contributed by atoms with E-state index in [0.29, 0.717) is 11.5 Å². The molecule has 0 N–H and O–H groups in total. The predicted molar refractivity (Wildman–Crippen MR) is 201 cm³/mol. The van der Waals surface area contributed by atoms with E-state index < -0.39 is 0 Å². The Morgan fingerprint density at radius 3 is 2.28 bits per heavy atom. The zero-order valence-electron chi connectivity index (χ0n) is 29.6. The molecule has 0 radical (unpaired) electrons. The summed E-state index contributed by atoms with van der Waals surface area (Å²) in [6, 6.07) is 37.2. The molecule has 0 atom stereocenters. The Balaban J connectivity index is 0.00000432. The molecule has 4 aromatic carbocycles. The summed E-state index contributed by atoms with van der Waals surface area (Å²) < 4.78 is 10.9. The van der Waals surface area contributed by atoms with Crippen molar-refractivity contribution in [3.8, 4) is 34.1 Å². The van der Waals surface area contributed by atoms with Crippen LogP contribution in [0, 0.1) is 26.0 Å². The van der Waals surface area contributed by atoms with Crippen LogP contribution in [0.3, 0.4) is 0 Å². The Morgan fingerprint density at radius 2 is 1.52 bits per heavy atom. The van der Waals surface area contributed by atoms with Gasteiger partial charge in [-0.05, 0) is 78.6 Å². The van der Waals surface area contributed by atoms with Crippen LogP contribution in [0.15, 0.2) is 91.1 Å². The topological polar surface area (TPSA) is 44.9 Å². The first kappa shape index (κ1) is 35.3. The molecule has 6 heteroatoms. The first-order valence-electron chi connectivity index (χ1n) is 17.8. The van der Waals surface area contributed by atoms with Gasteiger partial charge in [-0.25, -0.2) is 4.98 Å². The molecule has 7 aromatic rings. The van der Waals surface area contributed by atoms with Crippen LogP contribution in [0.1, 0.15) is 74.5 Å². The van der Waals surface area contributed by atoms with Crippen molar-refractivity contribution in [1.82, 2.24) is 19.3 Å². The Hall–Kier alpha value is -4.50. The third-order valence-corrected chi connectivity index (χ3v) is 9.20. The van der Waals surface area contributed by atoms with E-state index >= 15 is 0 Å². The van der Waals surface area contributed by atoms with Crippen molar-refractivity contribution in [1.29, 1.82) is 0 Å². The monoisotopic (exact) mass is 750 g/mol. The van der Waals surface area contributed by atoms with E-state index in [0.717, 1.165) is 95.1 Å². The standard InChI is InChI=1S/C44H44N4O.Pd/c1-6-9-15-41-44(33-19-17-32(12-7-2)18-20-33)39(13-8-3)46-48(41)34-25-31(5)26-36(28-34)49-35-21-22-38-37-14-10-11-16-40(37)47(42(38)29-35)43-27-30(4)23-24-45-43;/h10-11,14,16-27H,6-9,12-13,15H2,1-5H3;/q-2;+2. The Morgan fingerprint density at radius 1 is 0.720 bits per heavy atom. The second-order valence-electron chi connectivity index (χ2n) is 13.1. The van der Waals surface area contributed by atoms with E-state index in [1.54, 1.807) is 0 Å². The van der Waals surface area contributed by atoms with Gasteiger partial charge in [0, 0.05) is 34.5 Å². The number of aromatic nitrogens is 4. The number of ether oxygens (including phenoxy) is 1. The number of hydrogen-bond donors (Lipinski definition) is 0. The van der Waals surface area contributed by atoms with Crippen LogP contribution in [0.2, 0.25) is 0 Å².